The Hall–Kier alpha value is -3.02. The molecule has 0 heterocycles. The highest BCUT2D eigenvalue weighted by atomic mass is 35.5. The summed E-state index contributed by atoms with van der Waals surface area (Å²) in [5, 5.41) is 4.20. The van der Waals surface area contributed by atoms with E-state index in [1.165, 1.54) is 12.0 Å². The summed E-state index contributed by atoms with van der Waals surface area (Å²) in [6.45, 7) is 6.39. The van der Waals surface area contributed by atoms with Gasteiger partial charge < -0.3 is 15.0 Å². The number of nitrogens with one attached hydrogen (secondary N) is 1. The molecule has 41 heavy (non-hydrogen) atoms. The molecular formula is C34H40Cl2N2O3. The van der Waals surface area contributed by atoms with E-state index in [0.29, 0.717) is 27.8 Å². The van der Waals surface area contributed by atoms with Gasteiger partial charge in [0.25, 0.3) is 5.91 Å². The normalized spacial score (nSPS) is 14.8. The Morgan fingerprint density at radius 2 is 1.63 bits per heavy atom. The van der Waals surface area contributed by atoms with Crippen molar-refractivity contribution in [3.05, 3.63) is 99.5 Å². The number of carbonyl (C=O) groups excluding carboxylic acids is 2. The van der Waals surface area contributed by atoms with Gasteiger partial charge in [0.05, 0.1) is 0 Å². The Morgan fingerprint density at radius 3 is 2.27 bits per heavy atom. The molecule has 4 rings (SSSR count). The van der Waals surface area contributed by atoms with Gasteiger partial charge in [-0.05, 0) is 59.2 Å². The van der Waals surface area contributed by atoms with Crippen LogP contribution in [0.25, 0.3) is 0 Å². The van der Waals surface area contributed by atoms with Crippen LogP contribution in [0.2, 0.25) is 10.0 Å². The second kappa shape index (κ2) is 14.2. The highest BCUT2D eigenvalue weighted by molar-refractivity contribution is 6.35. The van der Waals surface area contributed by atoms with Gasteiger partial charge in [-0.2, -0.15) is 0 Å². The van der Waals surface area contributed by atoms with Crippen LogP contribution in [0.15, 0.2) is 72.8 Å². The summed E-state index contributed by atoms with van der Waals surface area (Å²) < 4.78 is 5.96. The highest BCUT2D eigenvalue weighted by Gasteiger charge is 2.32. The van der Waals surface area contributed by atoms with Crippen molar-refractivity contribution in [2.45, 2.75) is 83.3 Å². The first-order valence-corrected chi connectivity index (χ1v) is 15.2. The first-order chi connectivity index (χ1) is 19.6. The highest BCUT2D eigenvalue weighted by Crippen LogP contribution is 2.26. The quantitative estimate of drug-likeness (QED) is 0.261. The Bertz CT molecular complexity index is 1300. The fourth-order valence-corrected chi connectivity index (χ4v) is 5.68. The summed E-state index contributed by atoms with van der Waals surface area (Å²) in [6, 6.07) is 22.1. The molecule has 1 atom stereocenters. The first kappa shape index (κ1) is 30.9. The molecule has 0 bridgehead atoms. The lowest BCUT2D eigenvalue weighted by molar-refractivity contribution is -0.143. The number of amides is 2. The third-order valence-electron chi connectivity index (χ3n) is 7.66. The van der Waals surface area contributed by atoms with Gasteiger partial charge in [-0.1, -0.05) is 112 Å². The minimum absolute atomic E-state index is 0.0132. The van der Waals surface area contributed by atoms with Gasteiger partial charge in [0, 0.05) is 29.1 Å². The summed E-state index contributed by atoms with van der Waals surface area (Å²) in [6.07, 6.45) is 5.66. The number of rotatable bonds is 10. The van der Waals surface area contributed by atoms with Crippen LogP contribution in [0.5, 0.6) is 5.75 Å². The standard InChI is InChI=1S/C34H40Cl2N2O3/c1-34(2,3)26-15-18-29(19-16-26)41-23-32(39)38(22-25-14-17-27(35)21-30(25)36)31(20-24-10-6-4-7-11-24)33(40)37-28-12-8-5-9-13-28/h4,6-7,10-11,14-19,21,28,31H,5,8-9,12-13,20,22-23H2,1-3H3,(H,37,40). The predicted octanol–water partition coefficient (Wildman–Crippen LogP) is 7.76. The van der Waals surface area contributed by atoms with Crippen molar-refractivity contribution in [1.29, 1.82) is 0 Å². The molecule has 5 nitrogen and oxygen atoms in total. The SMILES string of the molecule is CC(C)(C)c1ccc(OCC(=O)N(Cc2ccc(Cl)cc2Cl)C(Cc2ccccc2)C(=O)NC2CCCCC2)cc1. The molecule has 1 aliphatic carbocycles. The number of nitrogens with zero attached hydrogens (tertiary/aromatic N) is 1. The summed E-state index contributed by atoms with van der Waals surface area (Å²) in [7, 11) is 0. The van der Waals surface area contributed by atoms with Crippen molar-refractivity contribution in [3.8, 4) is 5.75 Å². The molecule has 0 spiro atoms. The van der Waals surface area contributed by atoms with Crippen molar-refractivity contribution in [1.82, 2.24) is 10.2 Å². The Balaban J connectivity index is 1.61. The summed E-state index contributed by atoms with van der Waals surface area (Å²) in [4.78, 5) is 29.4. The van der Waals surface area contributed by atoms with E-state index < -0.39 is 6.04 Å². The molecule has 3 aromatic rings. The Morgan fingerprint density at radius 1 is 0.951 bits per heavy atom. The summed E-state index contributed by atoms with van der Waals surface area (Å²) in [5.74, 6) is 0.145. The zero-order valence-corrected chi connectivity index (χ0v) is 25.7. The number of benzene rings is 3. The molecule has 7 heteroatoms. The molecule has 218 valence electrons. The van der Waals surface area contributed by atoms with Crippen LogP contribution in [0.3, 0.4) is 0 Å². The molecule has 0 aromatic heterocycles. The molecule has 2 amide bonds. The number of hydrogen-bond acceptors (Lipinski definition) is 3. The minimum atomic E-state index is -0.745. The van der Waals surface area contributed by atoms with E-state index in [1.54, 1.807) is 23.1 Å². The van der Waals surface area contributed by atoms with Crippen LogP contribution < -0.4 is 10.1 Å². The van der Waals surface area contributed by atoms with E-state index in [2.05, 4.69) is 26.1 Å². The lowest BCUT2D eigenvalue weighted by Gasteiger charge is -2.33. The molecule has 1 fully saturated rings. The van der Waals surface area contributed by atoms with Crippen molar-refractivity contribution < 1.29 is 14.3 Å². The largest absolute Gasteiger partial charge is 0.484 e. The molecule has 1 saturated carbocycles. The minimum Gasteiger partial charge on any atom is -0.484 e. The summed E-state index contributed by atoms with van der Waals surface area (Å²) >= 11 is 12.7. The van der Waals surface area contributed by atoms with Crippen molar-refractivity contribution >= 4 is 35.0 Å². The van der Waals surface area contributed by atoms with Gasteiger partial charge in [-0.25, -0.2) is 0 Å². The van der Waals surface area contributed by atoms with E-state index in [0.717, 1.165) is 31.2 Å². The van der Waals surface area contributed by atoms with E-state index in [-0.39, 0.29) is 36.4 Å². The van der Waals surface area contributed by atoms with Crippen LogP contribution in [-0.2, 0) is 28.0 Å². The van der Waals surface area contributed by atoms with Crippen LogP contribution in [0.4, 0.5) is 0 Å². The number of carbonyl (C=O) groups is 2. The van der Waals surface area contributed by atoms with Crippen molar-refractivity contribution in [2.75, 3.05) is 6.61 Å². The molecule has 1 aliphatic rings. The van der Waals surface area contributed by atoms with E-state index in [9.17, 15) is 9.59 Å². The number of halogens is 2. The lowest BCUT2D eigenvalue weighted by Crippen LogP contribution is -2.53. The molecule has 1 N–H and O–H groups in total. The van der Waals surface area contributed by atoms with Gasteiger partial charge in [0.1, 0.15) is 11.8 Å². The predicted molar refractivity (Wildman–Crippen MR) is 167 cm³/mol. The summed E-state index contributed by atoms with van der Waals surface area (Å²) in [5.41, 5.74) is 2.87. The third kappa shape index (κ3) is 8.98. The van der Waals surface area contributed by atoms with Gasteiger partial charge >= 0.3 is 0 Å². The maximum atomic E-state index is 13.9. The fourth-order valence-electron chi connectivity index (χ4n) is 5.21. The molecule has 0 aliphatic heterocycles. The van der Waals surface area contributed by atoms with Crippen LogP contribution in [0, 0.1) is 0 Å². The smallest absolute Gasteiger partial charge is 0.261 e. The van der Waals surface area contributed by atoms with Gasteiger partial charge in [0.15, 0.2) is 6.61 Å². The second-order valence-electron chi connectivity index (χ2n) is 11.9. The van der Waals surface area contributed by atoms with Crippen LogP contribution in [0.1, 0.15) is 69.6 Å². The van der Waals surface area contributed by atoms with Gasteiger partial charge in [-0.3, -0.25) is 9.59 Å². The van der Waals surface area contributed by atoms with Gasteiger partial charge in [0.2, 0.25) is 5.91 Å². The van der Waals surface area contributed by atoms with E-state index >= 15 is 0 Å². The van der Waals surface area contributed by atoms with E-state index in [4.69, 9.17) is 27.9 Å². The molecule has 0 saturated heterocycles. The molecule has 0 radical (unpaired) electrons. The molecular weight excluding hydrogens is 555 g/mol. The second-order valence-corrected chi connectivity index (χ2v) is 12.7. The maximum Gasteiger partial charge on any atom is 0.261 e. The van der Waals surface area contributed by atoms with Crippen molar-refractivity contribution in [2.24, 2.45) is 0 Å². The fraction of sp³-hybridized carbons (Fsp3) is 0.412. The first-order valence-electron chi connectivity index (χ1n) is 14.4. The zero-order chi connectivity index (χ0) is 29.4. The number of hydrogen-bond donors (Lipinski definition) is 1. The number of ether oxygens (including phenoxy) is 1. The van der Waals surface area contributed by atoms with Crippen LogP contribution in [-0.4, -0.2) is 35.4 Å². The average Bonchev–Trinajstić information content (AvgIpc) is 2.95. The maximum absolute atomic E-state index is 13.9. The Kier molecular flexibility index (Phi) is 10.7. The van der Waals surface area contributed by atoms with Crippen molar-refractivity contribution in [3.63, 3.8) is 0 Å². The topological polar surface area (TPSA) is 58.6 Å². The monoisotopic (exact) mass is 594 g/mol. The van der Waals surface area contributed by atoms with Crippen LogP contribution >= 0.6 is 23.2 Å². The lowest BCUT2D eigenvalue weighted by atomic mass is 9.87. The van der Waals surface area contributed by atoms with E-state index in [1.807, 2.05) is 54.6 Å². The molecule has 1 unspecified atom stereocenters. The van der Waals surface area contributed by atoms with Gasteiger partial charge in [-0.15, -0.1) is 0 Å². The third-order valence-corrected chi connectivity index (χ3v) is 8.25. The molecule has 3 aromatic carbocycles. The zero-order valence-electron chi connectivity index (χ0n) is 24.2. The average molecular weight is 596 g/mol. The Labute approximate surface area is 254 Å².